The number of imide groups is 1. The highest BCUT2D eigenvalue weighted by Crippen LogP contribution is 2.32. The van der Waals surface area contributed by atoms with Crippen LogP contribution in [0.2, 0.25) is 10.0 Å². The molecule has 10 heteroatoms. The molecule has 0 spiro atoms. The van der Waals surface area contributed by atoms with Crippen LogP contribution in [-0.4, -0.2) is 50.0 Å². The molecule has 0 radical (unpaired) electrons. The number of hydrogen-bond donors (Lipinski definition) is 0. The minimum Gasteiger partial charge on any atom is -0.382 e. The molecule has 0 saturated carbocycles. The summed E-state index contributed by atoms with van der Waals surface area (Å²) in [5.41, 5.74) is 1.03. The quantitative estimate of drug-likeness (QED) is 0.737. The Morgan fingerprint density at radius 1 is 1.28 bits per heavy atom. The zero-order valence-corrected chi connectivity index (χ0v) is 15.6. The summed E-state index contributed by atoms with van der Waals surface area (Å²) in [5.74, 6) is -0.348. The van der Waals surface area contributed by atoms with Crippen molar-refractivity contribution in [3.8, 4) is 5.69 Å². The van der Waals surface area contributed by atoms with Gasteiger partial charge >= 0.3 is 0 Å². The van der Waals surface area contributed by atoms with Crippen LogP contribution in [0.3, 0.4) is 0 Å². The van der Waals surface area contributed by atoms with E-state index in [4.69, 9.17) is 23.2 Å². The topological polar surface area (TPSA) is 71.3 Å². The van der Waals surface area contributed by atoms with Crippen LogP contribution in [0.4, 0.5) is 4.79 Å². The summed E-state index contributed by atoms with van der Waals surface area (Å²) in [6.45, 7) is 0.0353. The van der Waals surface area contributed by atoms with Crippen LogP contribution in [0.5, 0.6) is 0 Å². The number of carbonyl (C=O) groups excluding carboxylic acids is 2. The summed E-state index contributed by atoms with van der Waals surface area (Å²) in [5, 5.41) is 8.41. The minimum atomic E-state index is -0.348. The van der Waals surface area contributed by atoms with Gasteiger partial charge in [0.05, 0.1) is 33.4 Å². The van der Waals surface area contributed by atoms with E-state index in [0.717, 1.165) is 16.7 Å². The maximum absolute atomic E-state index is 12.3. The second kappa shape index (κ2) is 7.07. The lowest BCUT2D eigenvalue weighted by Crippen LogP contribution is -2.28. The minimum absolute atomic E-state index is 0.0353. The highest BCUT2D eigenvalue weighted by atomic mass is 35.5. The van der Waals surface area contributed by atoms with E-state index in [0.29, 0.717) is 26.3 Å². The summed E-state index contributed by atoms with van der Waals surface area (Å²) in [4.78, 5) is 27.6. The molecule has 1 aromatic carbocycles. The fraction of sp³-hybridized carbons (Fsp3) is 0.200. The van der Waals surface area contributed by atoms with Gasteiger partial charge in [-0.2, -0.15) is 0 Å². The van der Waals surface area contributed by atoms with Gasteiger partial charge in [-0.3, -0.25) is 14.5 Å². The van der Waals surface area contributed by atoms with Crippen LogP contribution < -0.4 is 0 Å². The van der Waals surface area contributed by atoms with Crippen molar-refractivity contribution in [2.24, 2.45) is 0 Å². The molecule has 2 aromatic rings. The number of hydrogen-bond acceptors (Lipinski definition) is 6. The van der Waals surface area contributed by atoms with Gasteiger partial charge in [0, 0.05) is 20.3 Å². The normalized spacial score (nSPS) is 16.2. The molecule has 1 aliphatic heterocycles. The zero-order chi connectivity index (χ0) is 18.1. The number of benzene rings is 1. The van der Waals surface area contributed by atoms with E-state index in [9.17, 15) is 9.59 Å². The Labute approximate surface area is 158 Å². The molecular weight excluding hydrogens is 385 g/mol. The molecule has 1 fully saturated rings. The van der Waals surface area contributed by atoms with Crippen molar-refractivity contribution in [1.82, 2.24) is 24.8 Å². The van der Waals surface area contributed by atoms with Crippen molar-refractivity contribution in [2.75, 3.05) is 14.1 Å². The predicted molar refractivity (Wildman–Crippen MR) is 96.7 cm³/mol. The number of nitrogens with zero attached hydrogens (tertiary/aromatic N) is 5. The Morgan fingerprint density at radius 2 is 2.04 bits per heavy atom. The van der Waals surface area contributed by atoms with E-state index < -0.39 is 0 Å². The first-order chi connectivity index (χ1) is 11.9. The van der Waals surface area contributed by atoms with Crippen LogP contribution in [0, 0.1) is 0 Å². The zero-order valence-electron chi connectivity index (χ0n) is 13.3. The molecule has 2 heterocycles. The standard InChI is InChI=1S/C15H13Cl2N5O2S/c1-20(2)8-12-14(23)21(15(24)25-12)6-9-7-22(19-18-9)11-5-3-4-10(16)13(11)17/h3-5,7-8H,6H2,1-2H3/b12-8-. The number of aromatic nitrogens is 3. The highest BCUT2D eigenvalue weighted by molar-refractivity contribution is 8.18. The van der Waals surface area contributed by atoms with Gasteiger partial charge in [0.2, 0.25) is 0 Å². The van der Waals surface area contributed by atoms with Gasteiger partial charge in [-0.1, -0.05) is 34.5 Å². The third kappa shape index (κ3) is 3.65. The Morgan fingerprint density at radius 3 is 2.76 bits per heavy atom. The van der Waals surface area contributed by atoms with E-state index in [2.05, 4.69) is 10.3 Å². The second-order valence-corrected chi connectivity index (χ2v) is 7.22. The Bertz CT molecular complexity index is 881. The molecule has 2 amide bonds. The van der Waals surface area contributed by atoms with Gasteiger partial charge in [0.25, 0.3) is 11.1 Å². The molecule has 7 nitrogen and oxygen atoms in total. The monoisotopic (exact) mass is 397 g/mol. The van der Waals surface area contributed by atoms with E-state index in [1.807, 2.05) is 0 Å². The molecular formula is C15H13Cl2N5O2S. The third-order valence-electron chi connectivity index (χ3n) is 3.29. The number of amides is 2. The van der Waals surface area contributed by atoms with Gasteiger partial charge in [0.1, 0.15) is 5.69 Å². The molecule has 0 aliphatic carbocycles. The highest BCUT2D eigenvalue weighted by Gasteiger charge is 2.35. The number of carbonyl (C=O) groups is 2. The van der Waals surface area contributed by atoms with Crippen LogP contribution >= 0.6 is 35.0 Å². The average molecular weight is 398 g/mol. The van der Waals surface area contributed by atoms with E-state index >= 15 is 0 Å². The first-order valence-electron chi connectivity index (χ1n) is 7.14. The number of rotatable bonds is 4. The molecule has 0 N–H and O–H groups in total. The van der Waals surface area contributed by atoms with Crippen molar-refractivity contribution in [3.05, 3.63) is 51.2 Å². The maximum atomic E-state index is 12.3. The largest absolute Gasteiger partial charge is 0.382 e. The third-order valence-corrected chi connectivity index (χ3v) is 4.99. The summed E-state index contributed by atoms with van der Waals surface area (Å²) in [6, 6.07) is 5.16. The summed E-state index contributed by atoms with van der Waals surface area (Å²) in [7, 11) is 3.57. The van der Waals surface area contributed by atoms with Gasteiger partial charge in [-0.15, -0.1) is 5.10 Å². The van der Waals surface area contributed by atoms with Gasteiger partial charge in [-0.25, -0.2) is 4.68 Å². The Kier molecular flexibility index (Phi) is 5.03. The first kappa shape index (κ1) is 17.8. The van der Waals surface area contributed by atoms with Gasteiger partial charge < -0.3 is 4.90 Å². The van der Waals surface area contributed by atoms with E-state index in [1.54, 1.807) is 49.6 Å². The number of thioether (sulfide) groups is 1. The lowest BCUT2D eigenvalue weighted by atomic mass is 10.3. The van der Waals surface area contributed by atoms with Crippen LogP contribution in [-0.2, 0) is 11.3 Å². The van der Waals surface area contributed by atoms with Crippen molar-refractivity contribution < 1.29 is 9.59 Å². The molecule has 0 unspecified atom stereocenters. The fourth-order valence-corrected chi connectivity index (χ4v) is 3.47. The lowest BCUT2D eigenvalue weighted by molar-refractivity contribution is -0.123. The smallest absolute Gasteiger partial charge is 0.293 e. The SMILES string of the molecule is CN(C)/C=C1\SC(=O)N(Cc2cn(-c3cccc(Cl)c3Cl)nn2)C1=O. The van der Waals surface area contributed by atoms with Crippen molar-refractivity contribution in [1.29, 1.82) is 0 Å². The summed E-state index contributed by atoms with van der Waals surface area (Å²) >= 11 is 13.1. The fourth-order valence-electron chi connectivity index (χ4n) is 2.18. The van der Waals surface area contributed by atoms with Crippen molar-refractivity contribution in [3.63, 3.8) is 0 Å². The van der Waals surface area contributed by atoms with Crippen LogP contribution in [0.25, 0.3) is 5.69 Å². The molecule has 3 rings (SSSR count). The van der Waals surface area contributed by atoms with E-state index in [1.165, 1.54) is 4.68 Å². The number of halogens is 2. The van der Waals surface area contributed by atoms with Crippen molar-refractivity contribution in [2.45, 2.75) is 6.54 Å². The molecule has 1 aromatic heterocycles. The van der Waals surface area contributed by atoms with Crippen LogP contribution in [0.15, 0.2) is 35.5 Å². The Balaban J connectivity index is 1.81. The van der Waals surface area contributed by atoms with Gasteiger partial charge in [-0.05, 0) is 23.9 Å². The molecule has 1 saturated heterocycles. The molecule has 0 bridgehead atoms. The summed E-state index contributed by atoms with van der Waals surface area (Å²) in [6.07, 6.45) is 3.23. The lowest BCUT2D eigenvalue weighted by Gasteiger charge is -2.10. The summed E-state index contributed by atoms with van der Waals surface area (Å²) < 4.78 is 1.46. The molecule has 1 aliphatic rings. The second-order valence-electron chi connectivity index (χ2n) is 5.44. The maximum Gasteiger partial charge on any atom is 0.293 e. The molecule has 25 heavy (non-hydrogen) atoms. The van der Waals surface area contributed by atoms with Gasteiger partial charge in [0.15, 0.2) is 0 Å². The van der Waals surface area contributed by atoms with E-state index in [-0.39, 0.29) is 17.7 Å². The molecule has 0 atom stereocenters. The average Bonchev–Trinajstić information content (AvgIpc) is 3.10. The Hall–Kier alpha value is -2.03. The van der Waals surface area contributed by atoms with Crippen molar-refractivity contribution >= 4 is 46.1 Å². The molecule has 130 valence electrons. The predicted octanol–water partition coefficient (Wildman–Crippen LogP) is 3.17. The van der Waals surface area contributed by atoms with Crippen LogP contribution in [0.1, 0.15) is 5.69 Å². The first-order valence-corrected chi connectivity index (χ1v) is 8.71.